The molecular formula is C15H37ClN4O4. The van der Waals surface area contributed by atoms with Crippen LogP contribution in [0.3, 0.4) is 0 Å². The van der Waals surface area contributed by atoms with Crippen molar-refractivity contribution in [2.45, 2.75) is 80.0 Å². The summed E-state index contributed by atoms with van der Waals surface area (Å²) >= 11 is 0. The maximum atomic E-state index is 11.0. The molecule has 0 saturated heterocycles. The van der Waals surface area contributed by atoms with Crippen LogP contribution < -0.4 is 22.1 Å². The highest BCUT2D eigenvalue weighted by molar-refractivity contribution is 5.85. The molecule has 0 heterocycles. The van der Waals surface area contributed by atoms with Crippen LogP contribution >= 0.6 is 12.4 Å². The van der Waals surface area contributed by atoms with Crippen LogP contribution in [-0.4, -0.2) is 36.4 Å². The Balaban J connectivity index is -0.000000140. The van der Waals surface area contributed by atoms with E-state index < -0.39 is 11.7 Å². The number of nitrogens with one attached hydrogen (secondary N) is 3. The molecule has 0 aliphatic heterocycles. The molecule has 5 N–H and O–H groups in total. The summed E-state index contributed by atoms with van der Waals surface area (Å²) in [6.07, 6.45) is -0.448. The third kappa shape index (κ3) is 42.8. The van der Waals surface area contributed by atoms with E-state index in [1.54, 1.807) is 6.92 Å². The number of nitrogens with two attached hydrogens (primary N) is 1. The fourth-order valence-corrected chi connectivity index (χ4v) is 0.710. The Labute approximate surface area is 152 Å². The van der Waals surface area contributed by atoms with Crippen molar-refractivity contribution in [3.63, 3.8) is 0 Å². The van der Waals surface area contributed by atoms with Gasteiger partial charge in [0.15, 0.2) is 0 Å². The maximum absolute atomic E-state index is 11.0. The number of hydrazine groups is 2. The molecule has 0 aromatic rings. The number of carbonyl (C=O) groups is 2. The lowest BCUT2D eigenvalue weighted by molar-refractivity contribution is -0.140. The van der Waals surface area contributed by atoms with Crippen molar-refractivity contribution >= 4 is 24.5 Å². The molecule has 0 fully saturated rings. The molecular weight excluding hydrogens is 336 g/mol. The lowest BCUT2D eigenvalue weighted by atomic mass is 10.2. The lowest BCUT2D eigenvalue weighted by Crippen LogP contribution is -2.44. The van der Waals surface area contributed by atoms with E-state index in [0.717, 1.165) is 0 Å². The van der Waals surface area contributed by atoms with Gasteiger partial charge >= 0.3 is 12.1 Å². The van der Waals surface area contributed by atoms with Gasteiger partial charge in [-0.25, -0.2) is 10.2 Å². The zero-order valence-corrected chi connectivity index (χ0v) is 17.3. The summed E-state index contributed by atoms with van der Waals surface area (Å²) in [7, 11) is 0. The van der Waals surface area contributed by atoms with E-state index in [4.69, 9.17) is 10.6 Å². The quantitative estimate of drug-likeness (QED) is 0.340. The van der Waals surface area contributed by atoms with E-state index in [-0.39, 0.29) is 24.4 Å². The Kier molecular flexibility index (Phi) is 23.4. The van der Waals surface area contributed by atoms with Gasteiger partial charge in [0.2, 0.25) is 0 Å². The Bertz CT molecular complexity index is 308. The second-order valence-electron chi connectivity index (χ2n) is 6.17. The van der Waals surface area contributed by atoms with Crippen molar-refractivity contribution in [3.05, 3.63) is 0 Å². The van der Waals surface area contributed by atoms with E-state index in [0.29, 0.717) is 12.6 Å². The lowest BCUT2D eigenvalue weighted by Gasteiger charge is -2.20. The number of ether oxygens (including phenoxy) is 2. The highest BCUT2D eigenvalue weighted by Crippen LogP contribution is 2.05. The molecule has 0 unspecified atom stereocenters. The van der Waals surface area contributed by atoms with E-state index in [1.807, 2.05) is 48.5 Å². The third-order valence-corrected chi connectivity index (χ3v) is 1.54. The molecule has 0 rings (SSSR count). The molecule has 0 aromatic heterocycles. The molecule has 148 valence electrons. The summed E-state index contributed by atoms with van der Waals surface area (Å²) in [5, 5.41) is 0. The SMILES string of the molecule is CC(C)NN.CC(C)NNC(=O)OC(C)(C)C.CCOC(C)=O.Cl. The van der Waals surface area contributed by atoms with Crippen molar-refractivity contribution in [2.24, 2.45) is 5.84 Å². The monoisotopic (exact) mass is 372 g/mol. The minimum absolute atomic E-state index is 0. The van der Waals surface area contributed by atoms with Gasteiger partial charge in [-0.1, -0.05) is 0 Å². The van der Waals surface area contributed by atoms with Gasteiger partial charge in [-0.3, -0.25) is 21.5 Å². The Morgan fingerprint density at radius 3 is 1.67 bits per heavy atom. The summed E-state index contributed by atoms with van der Waals surface area (Å²) in [5.74, 6) is 4.71. The van der Waals surface area contributed by atoms with Gasteiger partial charge in [0.1, 0.15) is 5.60 Å². The zero-order valence-electron chi connectivity index (χ0n) is 16.5. The predicted octanol–water partition coefficient (Wildman–Crippen LogP) is 2.27. The number of esters is 1. The highest BCUT2D eigenvalue weighted by atomic mass is 35.5. The van der Waals surface area contributed by atoms with Gasteiger partial charge in [-0.15, -0.1) is 12.4 Å². The van der Waals surface area contributed by atoms with Gasteiger partial charge in [-0.05, 0) is 55.4 Å². The Morgan fingerprint density at radius 1 is 1.08 bits per heavy atom. The molecule has 24 heavy (non-hydrogen) atoms. The van der Waals surface area contributed by atoms with Gasteiger partial charge < -0.3 is 9.47 Å². The van der Waals surface area contributed by atoms with Crippen LogP contribution in [0.25, 0.3) is 0 Å². The first-order valence-electron chi connectivity index (χ1n) is 7.69. The highest BCUT2D eigenvalue weighted by Gasteiger charge is 2.15. The predicted molar refractivity (Wildman–Crippen MR) is 99.7 cm³/mol. The van der Waals surface area contributed by atoms with E-state index in [1.165, 1.54) is 6.92 Å². The van der Waals surface area contributed by atoms with Crippen LogP contribution in [0.15, 0.2) is 0 Å². The fraction of sp³-hybridized carbons (Fsp3) is 0.867. The molecule has 0 aromatic carbocycles. The smallest absolute Gasteiger partial charge is 0.422 e. The van der Waals surface area contributed by atoms with E-state index in [2.05, 4.69) is 21.0 Å². The zero-order chi connectivity index (χ0) is 19.1. The number of rotatable bonds is 4. The molecule has 1 amide bonds. The maximum Gasteiger partial charge on any atom is 0.422 e. The minimum Gasteiger partial charge on any atom is -0.466 e. The van der Waals surface area contributed by atoms with Crippen molar-refractivity contribution in [1.82, 2.24) is 16.3 Å². The van der Waals surface area contributed by atoms with Crippen LogP contribution in [0.1, 0.15) is 62.3 Å². The first-order valence-corrected chi connectivity index (χ1v) is 7.69. The van der Waals surface area contributed by atoms with Crippen LogP contribution in [0.5, 0.6) is 0 Å². The first-order chi connectivity index (χ1) is 10.4. The van der Waals surface area contributed by atoms with Crippen LogP contribution in [0.4, 0.5) is 4.79 Å². The average molecular weight is 373 g/mol. The molecule has 0 atom stereocenters. The van der Waals surface area contributed by atoms with Gasteiger partial charge in [-0.2, -0.15) is 0 Å². The van der Waals surface area contributed by atoms with Crippen molar-refractivity contribution in [2.75, 3.05) is 6.61 Å². The molecule has 0 aliphatic carbocycles. The van der Waals surface area contributed by atoms with Crippen LogP contribution in [-0.2, 0) is 14.3 Å². The number of hydrogen-bond donors (Lipinski definition) is 4. The van der Waals surface area contributed by atoms with Crippen molar-refractivity contribution in [1.29, 1.82) is 0 Å². The normalized spacial score (nSPS) is 9.67. The van der Waals surface area contributed by atoms with Gasteiger partial charge in [0, 0.05) is 19.0 Å². The second-order valence-corrected chi connectivity index (χ2v) is 6.17. The van der Waals surface area contributed by atoms with Crippen LogP contribution in [0.2, 0.25) is 0 Å². The summed E-state index contributed by atoms with van der Waals surface area (Å²) in [5.41, 5.74) is 7.26. The number of hydrogen-bond acceptors (Lipinski definition) is 7. The summed E-state index contributed by atoms with van der Waals surface area (Å²) in [6.45, 7) is 16.9. The van der Waals surface area contributed by atoms with E-state index >= 15 is 0 Å². The molecule has 0 spiro atoms. The standard InChI is InChI=1S/C8H18N2O2.C4H8O2.C3H10N2.ClH/c1-6(2)9-10-7(11)12-8(3,4)5;1-3-6-4(2)5;1-3(2)5-4;/h6,9H,1-5H3,(H,10,11);3H2,1-2H3;3,5H,4H2,1-2H3;1H. The van der Waals surface area contributed by atoms with Crippen LogP contribution in [0, 0.1) is 0 Å². The minimum atomic E-state index is -0.448. The number of halogens is 1. The Hall–Kier alpha value is -1.09. The largest absolute Gasteiger partial charge is 0.466 e. The second kappa shape index (κ2) is 18.3. The van der Waals surface area contributed by atoms with Gasteiger partial charge in [0.05, 0.1) is 6.61 Å². The number of carbonyl (C=O) groups excluding carboxylic acids is 2. The molecule has 0 aliphatic rings. The molecule has 9 heteroatoms. The Morgan fingerprint density at radius 2 is 1.50 bits per heavy atom. The van der Waals surface area contributed by atoms with Gasteiger partial charge in [0.25, 0.3) is 0 Å². The summed E-state index contributed by atoms with van der Waals surface area (Å²) < 4.78 is 9.38. The topological polar surface area (TPSA) is 115 Å². The summed E-state index contributed by atoms with van der Waals surface area (Å²) in [6, 6.07) is 0.618. The molecule has 0 radical (unpaired) electrons. The van der Waals surface area contributed by atoms with Crippen molar-refractivity contribution in [3.8, 4) is 0 Å². The molecule has 8 nitrogen and oxygen atoms in total. The number of amides is 1. The molecule has 0 bridgehead atoms. The first kappa shape index (κ1) is 30.8. The average Bonchev–Trinajstić information content (AvgIpc) is 2.35. The van der Waals surface area contributed by atoms with Crippen molar-refractivity contribution < 1.29 is 19.1 Å². The molecule has 0 saturated carbocycles. The summed E-state index contributed by atoms with van der Waals surface area (Å²) in [4.78, 5) is 20.8. The fourth-order valence-electron chi connectivity index (χ4n) is 0.710. The third-order valence-electron chi connectivity index (χ3n) is 1.54. The van der Waals surface area contributed by atoms with E-state index in [9.17, 15) is 9.59 Å².